The van der Waals surface area contributed by atoms with Gasteiger partial charge in [-0.1, -0.05) is 39.0 Å². The van der Waals surface area contributed by atoms with Gasteiger partial charge in [0.15, 0.2) is 5.76 Å². The van der Waals surface area contributed by atoms with Gasteiger partial charge in [0.05, 0.1) is 6.26 Å². The van der Waals surface area contributed by atoms with E-state index in [-0.39, 0.29) is 23.0 Å². The standard InChI is InChI=1S/C23H24N2O3/c1-15-7-12-18(24-22(27)20-6-5-13-28-20)14-19(15)25-21(26)16-8-10-17(11-9-16)23(2,3)4/h5-14H,1-4H3,(H,24,27)(H,25,26). The molecule has 0 saturated carbocycles. The Balaban J connectivity index is 1.74. The van der Waals surface area contributed by atoms with Crippen molar-refractivity contribution in [3.63, 3.8) is 0 Å². The van der Waals surface area contributed by atoms with Crippen molar-refractivity contribution in [1.29, 1.82) is 0 Å². The Hall–Kier alpha value is -3.34. The zero-order valence-electron chi connectivity index (χ0n) is 16.5. The molecule has 28 heavy (non-hydrogen) atoms. The molecule has 0 saturated heterocycles. The molecule has 3 aromatic rings. The summed E-state index contributed by atoms with van der Waals surface area (Å²) in [5, 5.41) is 5.68. The lowest BCUT2D eigenvalue weighted by Gasteiger charge is -2.19. The van der Waals surface area contributed by atoms with E-state index in [1.54, 1.807) is 24.3 Å². The molecule has 0 spiro atoms. The van der Waals surface area contributed by atoms with Gasteiger partial charge < -0.3 is 15.1 Å². The maximum atomic E-state index is 12.6. The largest absolute Gasteiger partial charge is 0.459 e. The van der Waals surface area contributed by atoms with Crippen molar-refractivity contribution >= 4 is 23.2 Å². The molecule has 0 atom stereocenters. The maximum absolute atomic E-state index is 12.6. The number of nitrogens with one attached hydrogen (secondary N) is 2. The molecule has 2 aromatic carbocycles. The van der Waals surface area contributed by atoms with Gasteiger partial charge in [-0.2, -0.15) is 0 Å². The third-order valence-corrected chi connectivity index (χ3v) is 4.50. The van der Waals surface area contributed by atoms with Crippen molar-refractivity contribution in [2.24, 2.45) is 0 Å². The van der Waals surface area contributed by atoms with Gasteiger partial charge in [0.2, 0.25) is 0 Å². The fourth-order valence-electron chi connectivity index (χ4n) is 2.75. The number of hydrogen-bond donors (Lipinski definition) is 2. The average molecular weight is 376 g/mol. The topological polar surface area (TPSA) is 71.3 Å². The normalized spacial score (nSPS) is 11.1. The lowest BCUT2D eigenvalue weighted by atomic mass is 9.87. The number of carbonyl (C=O) groups excluding carboxylic acids is 2. The second kappa shape index (κ2) is 7.72. The van der Waals surface area contributed by atoms with Crippen molar-refractivity contribution in [3.8, 4) is 0 Å². The summed E-state index contributed by atoms with van der Waals surface area (Å²) < 4.78 is 5.10. The molecule has 5 nitrogen and oxygen atoms in total. The fourth-order valence-corrected chi connectivity index (χ4v) is 2.75. The number of anilines is 2. The zero-order valence-corrected chi connectivity index (χ0v) is 16.5. The van der Waals surface area contributed by atoms with Gasteiger partial charge in [-0.15, -0.1) is 0 Å². The van der Waals surface area contributed by atoms with Crippen LogP contribution < -0.4 is 10.6 Å². The highest BCUT2D eigenvalue weighted by atomic mass is 16.3. The summed E-state index contributed by atoms with van der Waals surface area (Å²) in [6.07, 6.45) is 1.45. The van der Waals surface area contributed by atoms with E-state index in [9.17, 15) is 9.59 Å². The Morgan fingerprint density at radius 3 is 2.21 bits per heavy atom. The molecule has 144 valence electrons. The second-order valence-corrected chi connectivity index (χ2v) is 7.74. The highest BCUT2D eigenvalue weighted by molar-refractivity contribution is 6.06. The highest BCUT2D eigenvalue weighted by Crippen LogP contribution is 2.24. The minimum absolute atomic E-state index is 0.0339. The molecule has 1 heterocycles. The lowest BCUT2D eigenvalue weighted by Crippen LogP contribution is -2.15. The first-order valence-corrected chi connectivity index (χ1v) is 9.11. The fraction of sp³-hybridized carbons (Fsp3) is 0.217. The summed E-state index contributed by atoms with van der Waals surface area (Å²) in [4.78, 5) is 24.8. The summed E-state index contributed by atoms with van der Waals surface area (Å²) in [6.45, 7) is 8.30. The molecule has 0 unspecified atom stereocenters. The maximum Gasteiger partial charge on any atom is 0.291 e. The molecule has 2 amide bonds. The third-order valence-electron chi connectivity index (χ3n) is 4.50. The molecule has 0 bridgehead atoms. The predicted octanol–water partition coefficient (Wildman–Crippen LogP) is 5.39. The van der Waals surface area contributed by atoms with E-state index in [1.165, 1.54) is 11.8 Å². The van der Waals surface area contributed by atoms with Crippen LogP contribution in [0.3, 0.4) is 0 Å². The van der Waals surface area contributed by atoms with Gasteiger partial charge in [-0.05, 0) is 59.9 Å². The number of rotatable bonds is 4. The average Bonchev–Trinajstić information content (AvgIpc) is 3.19. The van der Waals surface area contributed by atoms with E-state index in [0.29, 0.717) is 16.9 Å². The molecule has 0 fully saturated rings. The number of benzene rings is 2. The van der Waals surface area contributed by atoms with Crippen molar-refractivity contribution in [3.05, 3.63) is 83.3 Å². The van der Waals surface area contributed by atoms with E-state index in [4.69, 9.17) is 4.42 Å². The molecule has 2 N–H and O–H groups in total. The second-order valence-electron chi connectivity index (χ2n) is 7.74. The van der Waals surface area contributed by atoms with Crippen LogP contribution >= 0.6 is 0 Å². The van der Waals surface area contributed by atoms with Gasteiger partial charge in [0, 0.05) is 16.9 Å². The Bertz CT molecular complexity index is 982. The van der Waals surface area contributed by atoms with Crippen LogP contribution in [0, 0.1) is 6.92 Å². The summed E-state index contributed by atoms with van der Waals surface area (Å²) >= 11 is 0. The molecule has 5 heteroatoms. The molecular weight excluding hydrogens is 352 g/mol. The number of amides is 2. The lowest BCUT2D eigenvalue weighted by molar-refractivity contribution is 0.0995. The van der Waals surface area contributed by atoms with E-state index < -0.39 is 0 Å². The first-order valence-electron chi connectivity index (χ1n) is 9.11. The van der Waals surface area contributed by atoms with Crippen LogP contribution in [0.4, 0.5) is 11.4 Å². The molecule has 3 rings (SSSR count). The van der Waals surface area contributed by atoms with Gasteiger partial charge in [-0.25, -0.2) is 0 Å². The predicted molar refractivity (Wildman–Crippen MR) is 111 cm³/mol. The summed E-state index contributed by atoms with van der Waals surface area (Å²) in [7, 11) is 0. The van der Waals surface area contributed by atoms with Crippen molar-refractivity contribution in [2.75, 3.05) is 10.6 Å². The van der Waals surface area contributed by atoms with E-state index in [1.807, 2.05) is 37.3 Å². The molecule has 0 radical (unpaired) electrons. The molecule has 0 aliphatic rings. The van der Waals surface area contributed by atoms with Crippen LogP contribution in [0.1, 0.15) is 52.8 Å². The SMILES string of the molecule is Cc1ccc(NC(=O)c2ccco2)cc1NC(=O)c1ccc(C(C)(C)C)cc1. The minimum Gasteiger partial charge on any atom is -0.459 e. The van der Waals surface area contributed by atoms with Crippen LogP contribution in [-0.4, -0.2) is 11.8 Å². The van der Waals surface area contributed by atoms with E-state index in [0.717, 1.165) is 5.56 Å². The van der Waals surface area contributed by atoms with Crippen molar-refractivity contribution < 1.29 is 14.0 Å². The van der Waals surface area contributed by atoms with Gasteiger partial charge in [0.25, 0.3) is 11.8 Å². The number of furan rings is 1. The Morgan fingerprint density at radius 2 is 1.61 bits per heavy atom. The summed E-state index contributed by atoms with van der Waals surface area (Å²) in [5.41, 5.74) is 3.90. The smallest absolute Gasteiger partial charge is 0.291 e. The van der Waals surface area contributed by atoms with E-state index >= 15 is 0 Å². The quantitative estimate of drug-likeness (QED) is 0.641. The summed E-state index contributed by atoms with van der Waals surface area (Å²) in [6, 6.07) is 16.2. The highest BCUT2D eigenvalue weighted by Gasteiger charge is 2.15. The first-order chi connectivity index (χ1) is 13.2. The Labute approximate surface area is 164 Å². The Kier molecular flexibility index (Phi) is 5.36. The molecule has 1 aromatic heterocycles. The number of hydrogen-bond acceptors (Lipinski definition) is 3. The van der Waals surface area contributed by atoms with Crippen LogP contribution in [0.15, 0.2) is 65.3 Å². The Morgan fingerprint density at radius 1 is 0.893 bits per heavy atom. The minimum atomic E-state index is -0.344. The zero-order chi connectivity index (χ0) is 20.3. The first kappa shape index (κ1) is 19.4. The van der Waals surface area contributed by atoms with Gasteiger partial charge >= 0.3 is 0 Å². The summed E-state index contributed by atoms with van der Waals surface area (Å²) in [5.74, 6) is -0.313. The van der Waals surface area contributed by atoms with Gasteiger partial charge in [0.1, 0.15) is 0 Å². The van der Waals surface area contributed by atoms with Crippen LogP contribution in [0.5, 0.6) is 0 Å². The van der Waals surface area contributed by atoms with Crippen LogP contribution in [0.25, 0.3) is 0 Å². The van der Waals surface area contributed by atoms with Crippen molar-refractivity contribution in [2.45, 2.75) is 33.1 Å². The van der Waals surface area contributed by atoms with Gasteiger partial charge in [-0.3, -0.25) is 9.59 Å². The number of carbonyl (C=O) groups is 2. The van der Waals surface area contributed by atoms with E-state index in [2.05, 4.69) is 31.4 Å². The van der Waals surface area contributed by atoms with Crippen LogP contribution in [0.2, 0.25) is 0 Å². The molecule has 0 aliphatic heterocycles. The monoisotopic (exact) mass is 376 g/mol. The third kappa shape index (κ3) is 4.49. The van der Waals surface area contributed by atoms with Crippen molar-refractivity contribution in [1.82, 2.24) is 0 Å². The molecular formula is C23H24N2O3. The molecule has 0 aliphatic carbocycles. The number of aryl methyl sites for hydroxylation is 1. The van der Waals surface area contributed by atoms with Crippen LogP contribution in [-0.2, 0) is 5.41 Å².